The van der Waals surface area contributed by atoms with Gasteiger partial charge >= 0.3 is 0 Å². The van der Waals surface area contributed by atoms with Gasteiger partial charge in [0.05, 0.1) is 6.54 Å². The molecule has 0 bridgehead atoms. The van der Waals surface area contributed by atoms with E-state index in [4.69, 9.17) is 0 Å². The first-order valence-corrected chi connectivity index (χ1v) is 10.3. The zero-order valence-electron chi connectivity index (χ0n) is 17.5. The van der Waals surface area contributed by atoms with E-state index in [2.05, 4.69) is 26.0 Å². The molecule has 31 heavy (non-hydrogen) atoms. The van der Waals surface area contributed by atoms with Gasteiger partial charge < -0.3 is 16.0 Å². The summed E-state index contributed by atoms with van der Waals surface area (Å²) >= 11 is 0. The molecule has 3 N–H and O–H groups in total. The van der Waals surface area contributed by atoms with Crippen molar-refractivity contribution in [1.29, 1.82) is 0 Å². The number of anilines is 1. The minimum atomic E-state index is -0.197. The molecule has 3 rings (SSSR count). The highest BCUT2D eigenvalue weighted by atomic mass is 19.1. The summed E-state index contributed by atoms with van der Waals surface area (Å²) in [7, 11) is 0. The van der Waals surface area contributed by atoms with Gasteiger partial charge in [0.15, 0.2) is 5.96 Å². The first kappa shape index (κ1) is 22.0. The monoisotopic (exact) mass is 422 g/mol. The predicted molar refractivity (Wildman–Crippen MR) is 120 cm³/mol. The highest BCUT2D eigenvalue weighted by molar-refractivity contribution is 5.90. The minimum Gasteiger partial charge on any atom is -0.357 e. The number of hydrogen-bond donors (Lipinski definition) is 3. The molecule has 2 aromatic carbocycles. The van der Waals surface area contributed by atoms with E-state index in [1.165, 1.54) is 6.07 Å². The van der Waals surface area contributed by atoms with Gasteiger partial charge in [-0.1, -0.05) is 30.3 Å². The van der Waals surface area contributed by atoms with Crippen molar-refractivity contribution in [2.45, 2.75) is 26.4 Å². The van der Waals surface area contributed by atoms with Crippen molar-refractivity contribution in [1.82, 2.24) is 20.4 Å². The molecule has 0 spiro atoms. The third-order valence-corrected chi connectivity index (χ3v) is 4.48. The van der Waals surface area contributed by atoms with Crippen molar-refractivity contribution in [3.63, 3.8) is 0 Å². The fourth-order valence-corrected chi connectivity index (χ4v) is 3.02. The van der Waals surface area contributed by atoms with E-state index in [1.54, 1.807) is 35.3 Å². The number of benzene rings is 2. The summed E-state index contributed by atoms with van der Waals surface area (Å²) in [5, 5.41) is 13.3. The molecule has 162 valence electrons. The first-order chi connectivity index (χ1) is 15.1. The van der Waals surface area contributed by atoms with E-state index in [-0.39, 0.29) is 18.3 Å². The topological polar surface area (TPSA) is 83.3 Å². The molecule has 0 aliphatic carbocycles. The van der Waals surface area contributed by atoms with E-state index in [0.717, 1.165) is 12.1 Å². The molecule has 0 saturated carbocycles. The van der Waals surface area contributed by atoms with E-state index < -0.39 is 0 Å². The molecule has 3 aromatic rings. The fourth-order valence-electron chi connectivity index (χ4n) is 3.02. The van der Waals surface area contributed by atoms with Crippen LogP contribution < -0.4 is 16.0 Å². The Labute approximate surface area is 181 Å². The van der Waals surface area contributed by atoms with E-state index in [9.17, 15) is 9.18 Å². The lowest BCUT2D eigenvalue weighted by Gasteiger charge is -2.12. The number of rotatable bonds is 9. The van der Waals surface area contributed by atoms with Crippen molar-refractivity contribution in [3.05, 3.63) is 83.9 Å². The van der Waals surface area contributed by atoms with Crippen LogP contribution in [0.5, 0.6) is 0 Å². The lowest BCUT2D eigenvalue weighted by molar-refractivity contribution is -0.116. The molecule has 1 amide bonds. The maximum Gasteiger partial charge on any atom is 0.246 e. The highest BCUT2D eigenvalue weighted by Gasteiger charge is 2.05. The summed E-state index contributed by atoms with van der Waals surface area (Å²) in [6.45, 7) is 3.87. The van der Waals surface area contributed by atoms with Crippen LogP contribution in [0.2, 0.25) is 0 Å². The second-order valence-corrected chi connectivity index (χ2v) is 6.92. The average Bonchev–Trinajstić information content (AvgIpc) is 3.26. The van der Waals surface area contributed by atoms with Crippen LogP contribution in [0, 0.1) is 5.82 Å². The zero-order chi connectivity index (χ0) is 21.9. The Hall–Kier alpha value is -3.68. The molecule has 0 unspecified atom stereocenters. The largest absolute Gasteiger partial charge is 0.357 e. The maximum absolute atomic E-state index is 13.8. The Balaban J connectivity index is 1.54. The van der Waals surface area contributed by atoms with Gasteiger partial charge in [0.2, 0.25) is 5.91 Å². The van der Waals surface area contributed by atoms with Gasteiger partial charge in [0, 0.05) is 31.2 Å². The van der Waals surface area contributed by atoms with Gasteiger partial charge in [-0.15, -0.1) is 0 Å². The second-order valence-electron chi connectivity index (χ2n) is 6.92. The third kappa shape index (κ3) is 7.26. The highest BCUT2D eigenvalue weighted by Crippen LogP contribution is 2.12. The Bertz CT molecular complexity index is 1000. The SMILES string of the molecule is CCNC(=NCc1cccc(NC(=O)Cn2cccn2)c1)NCCc1ccccc1F. The minimum absolute atomic E-state index is 0.146. The summed E-state index contributed by atoms with van der Waals surface area (Å²) in [5.74, 6) is 0.317. The summed E-state index contributed by atoms with van der Waals surface area (Å²) in [6, 6.07) is 16.1. The Morgan fingerprint density at radius 1 is 1.13 bits per heavy atom. The van der Waals surface area contributed by atoms with Gasteiger partial charge in [-0.2, -0.15) is 5.10 Å². The smallest absolute Gasteiger partial charge is 0.246 e. The molecule has 0 aliphatic rings. The van der Waals surface area contributed by atoms with Gasteiger partial charge in [0.25, 0.3) is 0 Å². The molecular formula is C23H27FN6O. The van der Waals surface area contributed by atoms with Crippen molar-refractivity contribution >= 4 is 17.6 Å². The number of nitrogens with one attached hydrogen (secondary N) is 3. The first-order valence-electron chi connectivity index (χ1n) is 10.3. The van der Waals surface area contributed by atoms with Gasteiger partial charge in [-0.3, -0.25) is 9.48 Å². The predicted octanol–water partition coefficient (Wildman–Crippen LogP) is 2.96. The number of aromatic nitrogens is 2. The number of carbonyl (C=O) groups is 1. The van der Waals surface area contributed by atoms with Crippen molar-refractivity contribution in [3.8, 4) is 0 Å². The van der Waals surface area contributed by atoms with Gasteiger partial charge in [0.1, 0.15) is 12.4 Å². The lowest BCUT2D eigenvalue weighted by Crippen LogP contribution is -2.38. The van der Waals surface area contributed by atoms with E-state index >= 15 is 0 Å². The molecule has 0 aliphatic heterocycles. The van der Waals surface area contributed by atoms with Crippen molar-refractivity contribution < 1.29 is 9.18 Å². The number of aliphatic imine (C=N–C) groups is 1. The van der Waals surface area contributed by atoms with Crippen LogP contribution in [0.15, 0.2) is 72.0 Å². The molecule has 1 heterocycles. The summed E-state index contributed by atoms with van der Waals surface area (Å²) in [6.07, 6.45) is 3.94. The number of hydrogen-bond acceptors (Lipinski definition) is 3. The van der Waals surface area contributed by atoms with Crippen LogP contribution in [0.3, 0.4) is 0 Å². The van der Waals surface area contributed by atoms with E-state index in [0.29, 0.717) is 36.7 Å². The second kappa shape index (κ2) is 11.5. The number of carbonyl (C=O) groups excluding carboxylic acids is 1. The van der Waals surface area contributed by atoms with E-state index in [1.807, 2.05) is 37.3 Å². The number of nitrogens with zero attached hydrogens (tertiary/aromatic N) is 3. The zero-order valence-corrected chi connectivity index (χ0v) is 17.5. The summed E-state index contributed by atoms with van der Waals surface area (Å²) in [4.78, 5) is 16.7. The van der Waals surface area contributed by atoms with Crippen molar-refractivity contribution in [2.24, 2.45) is 4.99 Å². The van der Waals surface area contributed by atoms with Crippen LogP contribution in [-0.2, 0) is 24.3 Å². The standard InChI is InChI=1S/C23H27FN6O/c1-2-25-23(26-13-11-19-8-3-4-10-21(19)24)27-16-18-7-5-9-20(15-18)29-22(31)17-30-14-6-12-28-30/h3-10,12,14-15H,2,11,13,16-17H2,1H3,(H,29,31)(H2,25,26,27). The Morgan fingerprint density at radius 2 is 2.00 bits per heavy atom. The lowest BCUT2D eigenvalue weighted by atomic mass is 10.1. The quantitative estimate of drug-likeness (QED) is 0.366. The summed E-state index contributed by atoms with van der Waals surface area (Å²) in [5.41, 5.74) is 2.34. The van der Waals surface area contributed by atoms with Crippen LogP contribution >= 0.6 is 0 Å². The molecule has 0 atom stereocenters. The molecule has 0 radical (unpaired) electrons. The molecule has 1 aromatic heterocycles. The Morgan fingerprint density at radius 3 is 2.77 bits per heavy atom. The van der Waals surface area contributed by atoms with Crippen molar-refractivity contribution in [2.75, 3.05) is 18.4 Å². The van der Waals surface area contributed by atoms with Crippen LogP contribution in [0.4, 0.5) is 10.1 Å². The van der Waals surface area contributed by atoms with Gasteiger partial charge in [-0.05, 0) is 48.7 Å². The van der Waals surface area contributed by atoms with Gasteiger partial charge in [-0.25, -0.2) is 9.38 Å². The molecular weight excluding hydrogens is 395 g/mol. The summed E-state index contributed by atoms with van der Waals surface area (Å²) < 4.78 is 15.3. The fraction of sp³-hybridized carbons (Fsp3) is 0.261. The third-order valence-electron chi connectivity index (χ3n) is 4.48. The van der Waals surface area contributed by atoms with Crippen LogP contribution in [-0.4, -0.2) is 34.7 Å². The average molecular weight is 423 g/mol. The van der Waals surface area contributed by atoms with Crippen LogP contribution in [0.1, 0.15) is 18.1 Å². The van der Waals surface area contributed by atoms with Crippen LogP contribution in [0.25, 0.3) is 0 Å². The maximum atomic E-state index is 13.8. The molecule has 7 nitrogen and oxygen atoms in total. The number of halogens is 1. The number of amides is 1. The Kier molecular flexibility index (Phi) is 8.16. The normalized spacial score (nSPS) is 11.2. The number of guanidine groups is 1. The molecule has 8 heteroatoms. The molecule has 0 fully saturated rings. The molecule has 0 saturated heterocycles.